The molecular weight excluding hydrogens is 269 g/mol. The van der Waals surface area contributed by atoms with Crippen molar-refractivity contribution in [3.05, 3.63) is 28.8 Å². The Hall–Kier alpha value is -1.20. The van der Waals surface area contributed by atoms with E-state index in [1.54, 1.807) is 0 Å². The molecule has 1 aliphatic rings. The number of carbonyl (C=O) groups is 1. The second-order valence-corrected chi connectivity index (χ2v) is 5.01. The van der Waals surface area contributed by atoms with Crippen LogP contribution in [0.4, 0.5) is 4.39 Å². The van der Waals surface area contributed by atoms with E-state index in [0.717, 1.165) is 38.3 Å². The Balaban J connectivity index is 1.75. The van der Waals surface area contributed by atoms with Crippen LogP contribution < -0.4 is 5.32 Å². The van der Waals surface area contributed by atoms with Crippen LogP contribution in [0.25, 0.3) is 0 Å². The van der Waals surface area contributed by atoms with Crippen molar-refractivity contribution in [1.29, 1.82) is 0 Å². The third-order valence-corrected chi connectivity index (χ3v) is 3.49. The summed E-state index contributed by atoms with van der Waals surface area (Å²) in [5, 5.41) is 2.76. The van der Waals surface area contributed by atoms with Gasteiger partial charge in [-0.25, -0.2) is 9.37 Å². The summed E-state index contributed by atoms with van der Waals surface area (Å²) in [6.07, 6.45) is 4.40. The third kappa shape index (κ3) is 4.14. The number of pyridine rings is 1. The number of rotatable bonds is 5. The number of likely N-dealkylation sites (tertiary alicyclic amines) is 1. The average Bonchev–Trinajstić information content (AvgIpc) is 2.90. The molecule has 0 aliphatic carbocycles. The second kappa shape index (κ2) is 6.82. The minimum absolute atomic E-state index is 0.0263. The smallest absolute Gasteiger partial charge is 0.254 e. The summed E-state index contributed by atoms with van der Waals surface area (Å²) in [6, 6.07) is 1.10. The molecule has 0 unspecified atom stereocenters. The minimum atomic E-state index is -0.563. The maximum absolute atomic E-state index is 13.0. The quantitative estimate of drug-likeness (QED) is 0.665. The molecule has 19 heavy (non-hydrogen) atoms. The number of aromatic nitrogens is 1. The van der Waals surface area contributed by atoms with Crippen molar-refractivity contribution in [2.24, 2.45) is 0 Å². The monoisotopic (exact) mass is 285 g/mol. The molecule has 1 fully saturated rings. The molecule has 1 amide bonds. The van der Waals surface area contributed by atoms with E-state index in [9.17, 15) is 9.18 Å². The van der Waals surface area contributed by atoms with Gasteiger partial charge in [-0.1, -0.05) is 11.6 Å². The van der Waals surface area contributed by atoms with E-state index >= 15 is 0 Å². The van der Waals surface area contributed by atoms with Crippen LogP contribution in [0.1, 0.15) is 29.6 Å². The lowest BCUT2D eigenvalue weighted by Crippen LogP contribution is -2.29. The van der Waals surface area contributed by atoms with Crippen molar-refractivity contribution in [2.45, 2.75) is 19.3 Å². The molecule has 0 spiro atoms. The highest BCUT2D eigenvalue weighted by atomic mass is 35.5. The van der Waals surface area contributed by atoms with Gasteiger partial charge in [0.05, 0.1) is 11.8 Å². The van der Waals surface area contributed by atoms with Gasteiger partial charge in [-0.3, -0.25) is 4.79 Å². The highest BCUT2D eigenvalue weighted by molar-refractivity contribution is 6.32. The fourth-order valence-corrected chi connectivity index (χ4v) is 2.38. The normalized spacial score (nSPS) is 15.7. The maximum atomic E-state index is 13.0. The second-order valence-electron chi connectivity index (χ2n) is 4.65. The molecule has 0 radical (unpaired) electrons. The van der Waals surface area contributed by atoms with Crippen molar-refractivity contribution in [2.75, 3.05) is 26.2 Å². The fourth-order valence-electron chi connectivity index (χ4n) is 2.19. The number of amides is 1. The van der Waals surface area contributed by atoms with Gasteiger partial charge in [0.15, 0.2) is 0 Å². The van der Waals surface area contributed by atoms with Crippen LogP contribution in [0.3, 0.4) is 0 Å². The van der Waals surface area contributed by atoms with Crippen molar-refractivity contribution < 1.29 is 9.18 Å². The van der Waals surface area contributed by atoms with Gasteiger partial charge in [-0.05, 0) is 45.0 Å². The number of carbonyl (C=O) groups excluding carboxylic acids is 1. The summed E-state index contributed by atoms with van der Waals surface area (Å²) in [5.74, 6) is -0.940. The first-order valence-corrected chi connectivity index (χ1v) is 6.86. The summed E-state index contributed by atoms with van der Waals surface area (Å²) in [6.45, 7) is 3.83. The van der Waals surface area contributed by atoms with E-state index in [4.69, 9.17) is 11.6 Å². The number of halogens is 2. The lowest BCUT2D eigenvalue weighted by atomic mass is 10.2. The van der Waals surface area contributed by atoms with Crippen LogP contribution in [0.5, 0.6) is 0 Å². The van der Waals surface area contributed by atoms with Crippen LogP contribution in [0.15, 0.2) is 12.3 Å². The topological polar surface area (TPSA) is 45.2 Å². The van der Waals surface area contributed by atoms with E-state index in [0.29, 0.717) is 6.54 Å². The first-order valence-electron chi connectivity index (χ1n) is 6.48. The van der Waals surface area contributed by atoms with Gasteiger partial charge in [0.2, 0.25) is 0 Å². The summed E-state index contributed by atoms with van der Waals surface area (Å²) < 4.78 is 13.0. The van der Waals surface area contributed by atoms with Crippen molar-refractivity contribution >= 4 is 17.5 Å². The van der Waals surface area contributed by atoms with Crippen molar-refractivity contribution in [3.63, 3.8) is 0 Å². The van der Waals surface area contributed by atoms with Gasteiger partial charge in [-0.15, -0.1) is 0 Å². The lowest BCUT2D eigenvalue weighted by molar-refractivity contribution is 0.0951. The Labute approximate surface area is 117 Å². The minimum Gasteiger partial charge on any atom is -0.352 e. The highest BCUT2D eigenvalue weighted by Crippen LogP contribution is 2.13. The maximum Gasteiger partial charge on any atom is 0.254 e. The molecule has 1 saturated heterocycles. The Morgan fingerprint density at radius 1 is 1.47 bits per heavy atom. The number of nitrogens with one attached hydrogen (secondary N) is 1. The lowest BCUT2D eigenvalue weighted by Gasteiger charge is -2.14. The van der Waals surface area contributed by atoms with Crippen LogP contribution in [-0.2, 0) is 0 Å². The fraction of sp³-hybridized carbons (Fsp3) is 0.538. The third-order valence-electron chi connectivity index (χ3n) is 3.19. The van der Waals surface area contributed by atoms with E-state index < -0.39 is 5.82 Å². The van der Waals surface area contributed by atoms with Crippen LogP contribution in [0, 0.1) is 5.82 Å². The number of hydrogen-bond acceptors (Lipinski definition) is 3. The van der Waals surface area contributed by atoms with Gasteiger partial charge in [0.25, 0.3) is 5.91 Å². The predicted molar refractivity (Wildman–Crippen MR) is 71.8 cm³/mol. The van der Waals surface area contributed by atoms with Gasteiger partial charge < -0.3 is 10.2 Å². The average molecular weight is 286 g/mol. The zero-order chi connectivity index (χ0) is 13.7. The molecule has 1 aromatic rings. The first kappa shape index (κ1) is 14.2. The van der Waals surface area contributed by atoms with Crippen LogP contribution >= 0.6 is 11.6 Å². The standard InChI is InChI=1S/C13H17ClFN3O/c14-12-11(8-10(15)9-17-12)13(19)16-4-3-7-18-5-1-2-6-18/h8-9H,1-7H2,(H,16,19). The van der Waals surface area contributed by atoms with Crippen LogP contribution in [-0.4, -0.2) is 42.0 Å². The van der Waals surface area contributed by atoms with Gasteiger partial charge in [0.1, 0.15) is 11.0 Å². The Morgan fingerprint density at radius 2 is 2.21 bits per heavy atom. The van der Waals surface area contributed by atoms with E-state index in [1.165, 1.54) is 12.8 Å². The SMILES string of the molecule is O=C(NCCCN1CCCC1)c1cc(F)cnc1Cl. The summed E-state index contributed by atoms with van der Waals surface area (Å²) in [4.78, 5) is 17.8. The molecule has 0 saturated carbocycles. The molecule has 0 atom stereocenters. The van der Waals surface area contributed by atoms with E-state index in [-0.39, 0.29) is 16.6 Å². The molecule has 0 aromatic carbocycles. The molecule has 4 nitrogen and oxygen atoms in total. The van der Waals surface area contributed by atoms with Gasteiger partial charge >= 0.3 is 0 Å². The van der Waals surface area contributed by atoms with Crippen LogP contribution in [0.2, 0.25) is 5.15 Å². The number of hydrogen-bond donors (Lipinski definition) is 1. The number of nitrogens with zero attached hydrogens (tertiary/aromatic N) is 2. The van der Waals surface area contributed by atoms with E-state index in [2.05, 4.69) is 15.2 Å². The van der Waals surface area contributed by atoms with Crippen molar-refractivity contribution in [1.82, 2.24) is 15.2 Å². The Kier molecular flexibility index (Phi) is 5.10. The van der Waals surface area contributed by atoms with Crippen molar-refractivity contribution in [3.8, 4) is 0 Å². The Morgan fingerprint density at radius 3 is 2.95 bits per heavy atom. The first-order chi connectivity index (χ1) is 9.16. The zero-order valence-corrected chi connectivity index (χ0v) is 11.4. The zero-order valence-electron chi connectivity index (χ0n) is 10.7. The molecule has 1 N–H and O–H groups in total. The molecule has 2 heterocycles. The summed E-state index contributed by atoms with van der Waals surface area (Å²) >= 11 is 5.76. The highest BCUT2D eigenvalue weighted by Gasteiger charge is 2.13. The molecule has 6 heteroatoms. The molecule has 0 bridgehead atoms. The molecule has 1 aliphatic heterocycles. The molecule has 104 valence electrons. The largest absolute Gasteiger partial charge is 0.352 e. The van der Waals surface area contributed by atoms with E-state index in [1.807, 2.05) is 0 Å². The summed E-state index contributed by atoms with van der Waals surface area (Å²) in [5.41, 5.74) is 0.0860. The summed E-state index contributed by atoms with van der Waals surface area (Å²) in [7, 11) is 0. The molecule has 2 rings (SSSR count). The molecular formula is C13H17ClFN3O. The molecule has 1 aromatic heterocycles. The predicted octanol–water partition coefficient (Wildman–Crippen LogP) is 2.09. The van der Waals surface area contributed by atoms with Gasteiger partial charge in [-0.2, -0.15) is 0 Å². The Bertz CT molecular complexity index is 450. The van der Waals surface area contributed by atoms with Gasteiger partial charge in [0, 0.05) is 6.54 Å².